The molecule has 0 amide bonds. The molecule has 2 heterocycles. The fourth-order valence-corrected chi connectivity index (χ4v) is 2.14. The first kappa shape index (κ1) is 9.34. The van der Waals surface area contributed by atoms with Crippen molar-refractivity contribution < 1.29 is 4.79 Å². The van der Waals surface area contributed by atoms with Crippen LogP contribution < -0.4 is 0 Å². The first-order valence-electron chi connectivity index (χ1n) is 5.41. The summed E-state index contributed by atoms with van der Waals surface area (Å²) >= 11 is 0. The van der Waals surface area contributed by atoms with Crippen LogP contribution in [-0.4, -0.2) is 36.0 Å². The summed E-state index contributed by atoms with van der Waals surface area (Å²) in [4.78, 5) is 16.6. The van der Waals surface area contributed by atoms with Crippen LogP contribution in [0.1, 0.15) is 27.3 Å². The Morgan fingerprint density at radius 1 is 1.22 bits per heavy atom. The molecule has 7 nitrogen and oxygen atoms in total. The van der Waals surface area contributed by atoms with E-state index in [0.29, 0.717) is 29.1 Å². The second-order valence-corrected chi connectivity index (χ2v) is 4.04. The molecular formula is C11H6N6O. The topological polar surface area (TPSA) is 85.9 Å². The van der Waals surface area contributed by atoms with Crippen LogP contribution in [0.25, 0.3) is 5.78 Å². The van der Waals surface area contributed by atoms with E-state index >= 15 is 0 Å². The molecular weight excluding hydrogens is 232 g/mol. The van der Waals surface area contributed by atoms with Crippen molar-refractivity contribution in [2.24, 2.45) is 0 Å². The average Bonchev–Trinajstić information content (AvgIpc) is 2.84. The SMILES string of the molecule is O=C1c2ccccc2Cc2nc3nnnn3nc21. The van der Waals surface area contributed by atoms with Gasteiger partial charge < -0.3 is 0 Å². The number of nitrogens with zero attached hydrogens (tertiary/aromatic N) is 6. The standard InChI is InChI=1S/C11H6N6O/c18-10-7-4-2-1-3-6(7)5-8-9(10)14-17-11(12-8)13-15-16-17/h1-4H,5H2. The predicted octanol–water partition coefficient (Wildman–Crippen LogP) is 0.0495. The van der Waals surface area contributed by atoms with Gasteiger partial charge in [-0.2, -0.15) is 0 Å². The number of fused-ring (bicyclic) bond motifs is 3. The zero-order valence-electron chi connectivity index (χ0n) is 9.11. The van der Waals surface area contributed by atoms with Gasteiger partial charge in [-0.15, -0.1) is 5.10 Å². The summed E-state index contributed by atoms with van der Waals surface area (Å²) in [6.07, 6.45) is 0.577. The van der Waals surface area contributed by atoms with Crippen LogP contribution in [0.4, 0.5) is 0 Å². The lowest BCUT2D eigenvalue weighted by molar-refractivity contribution is 0.102. The third-order valence-corrected chi connectivity index (χ3v) is 2.98. The Hall–Kier alpha value is -2.70. The monoisotopic (exact) mass is 238 g/mol. The molecule has 0 fully saturated rings. The Bertz CT molecular complexity index is 793. The summed E-state index contributed by atoms with van der Waals surface area (Å²) in [7, 11) is 0. The van der Waals surface area contributed by atoms with Gasteiger partial charge in [0.1, 0.15) is 0 Å². The normalized spacial score (nSPS) is 13.4. The summed E-state index contributed by atoms with van der Waals surface area (Å²) in [6.45, 7) is 0. The average molecular weight is 238 g/mol. The van der Waals surface area contributed by atoms with Gasteiger partial charge in [0.25, 0.3) is 5.78 Å². The number of carbonyl (C=O) groups excluding carboxylic acids is 1. The van der Waals surface area contributed by atoms with E-state index in [4.69, 9.17) is 0 Å². The second-order valence-electron chi connectivity index (χ2n) is 4.04. The van der Waals surface area contributed by atoms with E-state index in [1.54, 1.807) is 6.07 Å². The van der Waals surface area contributed by atoms with E-state index in [0.717, 1.165) is 5.56 Å². The highest BCUT2D eigenvalue weighted by atomic mass is 16.1. The number of carbonyl (C=O) groups is 1. The molecule has 86 valence electrons. The van der Waals surface area contributed by atoms with E-state index in [-0.39, 0.29) is 5.78 Å². The van der Waals surface area contributed by atoms with Gasteiger partial charge in [0.05, 0.1) is 5.69 Å². The third-order valence-electron chi connectivity index (χ3n) is 2.98. The molecule has 0 saturated heterocycles. The summed E-state index contributed by atoms with van der Waals surface area (Å²) in [5.41, 5.74) is 2.59. The van der Waals surface area contributed by atoms with Gasteiger partial charge in [0, 0.05) is 12.0 Å². The quantitative estimate of drug-likeness (QED) is 0.430. The van der Waals surface area contributed by atoms with Crippen LogP contribution >= 0.6 is 0 Å². The Kier molecular flexibility index (Phi) is 1.64. The molecule has 0 unspecified atom stereocenters. The molecule has 0 spiro atoms. The number of tetrazole rings is 1. The molecule has 7 heteroatoms. The Morgan fingerprint density at radius 2 is 2.11 bits per heavy atom. The minimum atomic E-state index is -0.128. The van der Waals surface area contributed by atoms with Crippen molar-refractivity contribution in [1.82, 2.24) is 30.2 Å². The molecule has 1 aromatic carbocycles. The molecule has 4 rings (SSSR count). The molecule has 0 atom stereocenters. The molecule has 0 radical (unpaired) electrons. The predicted molar refractivity (Wildman–Crippen MR) is 59.1 cm³/mol. The third kappa shape index (κ3) is 1.12. The van der Waals surface area contributed by atoms with Gasteiger partial charge in [-0.25, -0.2) is 4.98 Å². The molecule has 1 aliphatic rings. The largest absolute Gasteiger partial charge is 0.291 e. The molecule has 0 saturated carbocycles. The smallest absolute Gasteiger partial charge is 0.287 e. The molecule has 0 aliphatic heterocycles. The van der Waals surface area contributed by atoms with Gasteiger partial charge in [-0.3, -0.25) is 4.79 Å². The Balaban J connectivity index is 2.01. The van der Waals surface area contributed by atoms with E-state index in [1.165, 1.54) is 4.63 Å². The maximum absolute atomic E-state index is 12.3. The van der Waals surface area contributed by atoms with E-state index in [2.05, 4.69) is 25.6 Å². The van der Waals surface area contributed by atoms with Gasteiger partial charge >= 0.3 is 0 Å². The van der Waals surface area contributed by atoms with Gasteiger partial charge in [-0.1, -0.05) is 34.0 Å². The van der Waals surface area contributed by atoms with Crippen LogP contribution in [0, 0.1) is 0 Å². The number of hydrogen-bond acceptors (Lipinski definition) is 6. The summed E-state index contributed by atoms with van der Waals surface area (Å²) in [5.74, 6) is 0.178. The van der Waals surface area contributed by atoms with E-state index < -0.39 is 0 Å². The highest BCUT2D eigenvalue weighted by Gasteiger charge is 2.26. The second kappa shape index (κ2) is 3.16. The lowest BCUT2D eigenvalue weighted by atomic mass is 9.91. The molecule has 18 heavy (non-hydrogen) atoms. The highest BCUT2D eigenvalue weighted by molar-refractivity contribution is 6.10. The van der Waals surface area contributed by atoms with Crippen molar-refractivity contribution >= 4 is 11.6 Å². The van der Waals surface area contributed by atoms with E-state index in [9.17, 15) is 4.79 Å². The van der Waals surface area contributed by atoms with Gasteiger partial charge in [-0.05, 0) is 16.0 Å². The number of hydrogen-bond donors (Lipinski definition) is 0. The first-order chi connectivity index (χ1) is 8.83. The molecule has 0 N–H and O–H groups in total. The van der Waals surface area contributed by atoms with Crippen molar-refractivity contribution in [3.05, 3.63) is 46.8 Å². The van der Waals surface area contributed by atoms with Crippen molar-refractivity contribution in [3.63, 3.8) is 0 Å². The lowest BCUT2D eigenvalue weighted by Crippen LogP contribution is -2.20. The van der Waals surface area contributed by atoms with Crippen molar-refractivity contribution in [3.8, 4) is 0 Å². The zero-order valence-corrected chi connectivity index (χ0v) is 9.11. The fourth-order valence-electron chi connectivity index (χ4n) is 2.14. The van der Waals surface area contributed by atoms with Crippen molar-refractivity contribution in [2.45, 2.75) is 6.42 Å². The fraction of sp³-hybridized carbons (Fsp3) is 0.0909. The van der Waals surface area contributed by atoms with Crippen LogP contribution in [0.2, 0.25) is 0 Å². The van der Waals surface area contributed by atoms with Crippen LogP contribution in [0.15, 0.2) is 24.3 Å². The maximum atomic E-state index is 12.3. The summed E-state index contributed by atoms with van der Waals surface area (Å²) in [5, 5.41) is 15.0. The maximum Gasteiger partial charge on any atom is 0.291 e. The number of ketones is 1. The Labute approximate surface area is 100 Å². The minimum Gasteiger partial charge on any atom is -0.287 e. The summed E-state index contributed by atoms with van der Waals surface area (Å²) in [6, 6.07) is 7.46. The van der Waals surface area contributed by atoms with Crippen LogP contribution in [-0.2, 0) is 6.42 Å². The molecule has 0 bridgehead atoms. The number of aromatic nitrogens is 6. The van der Waals surface area contributed by atoms with Gasteiger partial charge in [0.15, 0.2) is 5.69 Å². The van der Waals surface area contributed by atoms with Crippen LogP contribution in [0.3, 0.4) is 0 Å². The molecule has 2 aromatic heterocycles. The van der Waals surface area contributed by atoms with Gasteiger partial charge in [0.2, 0.25) is 5.78 Å². The highest BCUT2D eigenvalue weighted by Crippen LogP contribution is 2.24. The lowest BCUT2D eigenvalue weighted by Gasteiger charge is -2.15. The minimum absolute atomic E-state index is 0.128. The Morgan fingerprint density at radius 3 is 3.06 bits per heavy atom. The first-order valence-corrected chi connectivity index (χ1v) is 5.41. The molecule has 3 aromatic rings. The number of rotatable bonds is 0. The van der Waals surface area contributed by atoms with Crippen molar-refractivity contribution in [2.75, 3.05) is 0 Å². The van der Waals surface area contributed by atoms with Crippen molar-refractivity contribution in [1.29, 1.82) is 0 Å². The summed E-state index contributed by atoms with van der Waals surface area (Å²) < 4.78 is 1.17. The zero-order chi connectivity index (χ0) is 12.1. The van der Waals surface area contributed by atoms with Crippen LogP contribution in [0.5, 0.6) is 0 Å². The number of benzene rings is 1. The van der Waals surface area contributed by atoms with E-state index in [1.807, 2.05) is 18.2 Å². The molecule has 1 aliphatic carbocycles.